The first-order valence-corrected chi connectivity index (χ1v) is 9.61. The van der Waals surface area contributed by atoms with Crippen LogP contribution in [0.2, 0.25) is 5.02 Å². The molecule has 7 nitrogen and oxygen atoms in total. The Labute approximate surface area is 175 Å². The second-order valence-electron chi connectivity index (χ2n) is 6.76. The van der Waals surface area contributed by atoms with Crippen LogP contribution >= 0.6 is 11.6 Å². The zero-order chi connectivity index (χ0) is 20.7. The highest BCUT2D eigenvalue weighted by molar-refractivity contribution is 6.35. The van der Waals surface area contributed by atoms with Gasteiger partial charge in [-0.15, -0.1) is 0 Å². The Kier molecular flexibility index (Phi) is 4.48. The van der Waals surface area contributed by atoms with Crippen molar-refractivity contribution in [3.05, 3.63) is 71.7 Å². The van der Waals surface area contributed by atoms with Crippen LogP contribution in [-0.4, -0.2) is 29.9 Å². The number of anilines is 1. The van der Waals surface area contributed by atoms with Crippen LogP contribution in [0.3, 0.4) is 0 Å². The predicted molar refractivity (Wildman–Crippen MR) is 114 cm³/mol. The lowest BCUT2D eigenvalue weighted by Crippen LogP contribution is -2.12. The van der Waals surface area contributed by atoms with Gasteiger partial charge in [-0.2, -0.15) is 14.4 Å². The van der Waals surface area contributed by atoms with Gasteiger partial charge in [-0.25, -0.2) is 9.97 Å². The van der Waals surface area contributed by atoms with Crippen molar-refractivity contribution in [3.63, 3.8) is 0 Å². The maximum atomic E-state index is 13.9. The van der Waals surface area contributed by atoms with E-state index in [2.05, 4.69) is 30.2 Å². The summed E-state index contributed by atoms with van der Waals surface area (Å²) in [6, 6.07) is 13.0. The molecule has 4 heterocycles. The van der Waals surface area contributed by atoms with Crippen LogP contribution < -0.4 is 5.32 Å². The molecule has 0 saturated heterocycles. The van der Waals surface area contributed by atoms with E-state index in [9.17, 15) is 4.39 Å². The van der Waals surface area contributed by atoms with Crippen molar-refractivity contribution in [1.82, 2.24) is 29.9 Å². The molecule has 0 aliphatic rings. The summed E-state index contributed by atoms with van der Waals surface area (Å²) in [6.45, 7) is 1.95. The van der Waals surface area contributed by atoms with Gasteiger partial charge in [-0.05, 0) is 31.2 Å². The van der Waals surface area contributed by atoms with Gasteiger partial charge in [0, 0.05) is 17.1 Å². The lowest BCUT2D eigenvalue weighted by molar-refractivity contribution is 0.544. The topological polar surface area (TPSA) is 92.3 Å². The van der Waals surface area contributed by atoms with Crippen molar-refractivity contribution in [3.8, 4) is 11.4 Å². The molecule has 5 rings (SSSR count). The number of halogens is 2. The summed E-state index contributed by atoms with van der Waals surface area (Å²) in [6.07, 6.45) is 2.31. The van der Waals surface area contributed by atoms with E-state index in [1.165, 1.54) is 6.33 Å². The number of pyridine rings is 2. The van der Waals surface area contributed by atoms with Crippen LogP contribution in [0.15, 0.2) is 55.0 Å². The number of fused-ring (bicyclic) bond motifs is 2. The average molecular weight is 420 g/mol. The number of para-hydroxylation sites is 1. The van der Waals surface area contributed by atoms with Crippen LogP contribution in [0.5, 0.6) is 0 Å². The van der Waals surface area contributed by atoms with Crippen LogP contribution in [0.1, 0.15) is 18.5 Å². The number of aromatic nitrogens is 6. The lowest BCUT2D eigenvalue weighted by atomic mass is 10.0. The highest BCUT2D eigenvalue weighted by Gasteiger charge is 2.19. The fourth-order valence-electron chi connectivity index (χ4n) is 3.41. The van der Waals surface area contributed by atoms with Gasteiger partial charge >= 0.3 is 6.08 Å². The molecule has 1 atom stereocenters. The molecule has 30 heavy (non-hydrogen) atoms. The fourth-order valence-corrected chi connectivity index (χ4v) is 3.63. The van der Waals surface area contributed by atoms with Gasteiger partial charge in [0.15, 0.2) is 11.5 Å². The normalized spacial score (nSPS) is 12.4. The van der Waals surface area contributed by atoms with Crippen LogP contribution in [0, 0.1) is 6.08 Å². The van der Waals surface area contributed by atoms with E-state index in [0.717, 1.165) is 10.9 Å². The van der Waals surface area contributed by atoms with Gasteiger partial charge in [0.25, 0.3) is 0 Å². The molecule has 0 amide bonds. The first-order chi connectivity index (χ1) is 14.6. The van der Waals surface area contributed by atoms with Crippen molar-refractivity contribution < 1.29 is 4.39 Å². The van der Waals surface area contributed by atoms with E-state index in [4.69, 9.17) is 16.6 Å². The van der Waals surface area contributed by atoms with Crippen molar-refractivity contribution >= 4 is 39.5 Å². The first kappa shape index (κ1) is 18.4. The van der Waals surface area contributed by atoms with Crippen molar-refractivity contribution in [2.45, 2.75) is 13.0 Å². The molecule has 9 heteroatoms. The SMILES string of the molecule is C[C@H](Nc1nc(F)nc2nc[nH]c12)c1cc2cccc(Cl)c2nc1-c1ccccn1. The molecule has 0 aliphatic heterocycles. The third kappa shape index (κ3) is 3.21. The van der Waals surface area contributed by atoms with Crippen LogP contribution in [-0.2, 0) is 0 Å². The molecule has 0 radical (unpaired) electrons. The number of benzene rings is 1. The van der Waals surface area contributed by atoms with E-state index >= 15 is 0 Å². The number of hydrogen-bond donors (Lipinski definition) is 2. The van der Waals surface area contributed by atoms with E-state index in [1.807, 2.05) is 43.3 Å². The molecule has 4 aromatic heterocycles. The summed E-state index contributed by atoms with van der Waals surface area (Å²) in [4.78, 5) is 23.8. The maximum Gasteiger partial charge on any atom is 0.312 e. The minimum atomic E-state index is -0.849. The Bertz CT molecular complexity index is 1370. The largest absolute Gasteiger partial charge is 0.361 e. The zero-order valence-electron chi connectivity index (χ0n) is 15.8. The number of imidazole rings is 1. The quantitative estimate of drug-likeness (QED) is 0.401. The molecule has 5 aromatic rings. The third-order valence-electron chi connectivity index (χ3n) is 4.81. The average Bonchev–Trinajstić information content (AvgIpc) is 3.22. The van der Waals surface area contributed by atoms with E-state index in [1.54, 1.807) is 12.3 Å². The number of aromatic amines is 1. The van der Waals surface area contributed by atoms with Gasteiger partial charge in [-0.3, -0.25) is 4.98 Å². The van der Waals surface area contributed by atoms with E-state index in [0.29, 0.717) is 33.3 Å². The number of H-pyrrole nitrogens is 1. The van der Waals surface area contributed by atoms with Gasteiger partial charge in [-0.1, -0.05) is 29.8 Å². The molecule has 148 valence electrons. The summed E-state index contributed by atoms with van der Waals surface area (Å²) in [5.41, 5.74) is 3.75. The summed E-state index contributed by atoms with van der Waals surface area (Å²) in [5, 5.41) is 4.71. The molecule has 0 aliphatic carbocycles. The van der Waals surface area contributed by atoms with Crippen LogP contribution in [0.25, 0.3) is 33.5 Å². The predicted octanol–water partition coefficient (Wildman–Crippen LogP) is 4.93. The standard InChI is InChI=1S/C21H15ClFN7/c1-11(27-20-18-19(26-10-25-18)29-21(23)30-20)13-9-12-5-4-6-14(22)16(12)28-17(13)15-7-2-3-8-24-15/h2-11H,1H3,(H2,25,26,27,29,30)/t11-/m0/s1. The Morgan fingerprint density at radius 2 is 1.97 bits per heavy atom. The summed E-state index contributed by atoms with van der Waals surface area (Å²) in [7, 11) is 0. The van der Waals surface area contributed by atoms with Gasteiger partial charge in [0.2, 0.25) is 0 Å². The molecule has 1 aromatic carbocycles. The highest BCUT2D eigenvalue weighted by atomic mass is 35.5. The minimum Gasteiger partial charge on any atom is -0.361 e. The summed E-state index contributed by atoms with van der Waals surface area (Å²) in [5.74, 6) is 0.320. The Hall–Kier alpha value is -3.65. The Balaban J connectivity index is 1.66. The molecule has 0 unspecified atom stereocenters. The van der Waals surface area contributed by atoms with Crippen molar-refractivity contribution in [2.24, 2.45) is 0 Å². The van der Waals surface area contributed by atoms with E-state index < -0.39 is 6.08 Å². The Morgan fingerprint density at radius 1 is 1.07 bits per heavy atom. The molecule has 2 N–H and O–H groups in total. The molecule has 0 spiro atoms. The van der Waals surface area contributed by atoms with Crippen molar-refractivity contribution in [1.29, 1.82) is 0 Å². The number of nitrogens with one attached hydrogen (secondary N) is 2. The first-order valence-electron chi connectivity index (χ1n) is 9.24. The number of hydrogen-bond acceptors (Lipinski definition) is 6. The summed E-state index contributed by atoms with van der Waals surface area (Å²) >= 11 is 6.38. The van der Waals surface area contributed by atoms with Crippen LogP contribution in [0.4, 0.5) is 10.2 Å². The maximum absolute atomic E-state index is 13.9. The van der Waals surface area contributed by atoms with Gasteiger partial charge < -0.3 is 10.3 Å². The molecule has 0 bridgehead atoms. The zero-order valence-corrected chi connectivity index (χ0v) is 16.5. The molecule has 0 fully saturated rings. The molecular weight excluding hydrogens is 405 g/mol. The minimum absolute atomic E-state index is 0.255. The van der Waals surface area contributed by atoms with E-state index in [-0.39, 0.29) is 11.7 Å². The smallest absolute Gasteiger partial charge is 0.312 e. The summed E-state index contributed by atoms with van der Waals surface area (Å²) < 4.78 is 13.9. The van der Waals surface area contributed by atoms with Crippen molar-refractivity contribution in [2.75, 3.05) is 5.32 Å². The monoisotopic (exact) mass is 419 g/mol. The lowest BCUT2D eigenvalue weighted by Gasteiger charge is -2.19. The Morgan fingerprint density at radius 3 is 2.80 bits per heavy atom. The molecule has 0 saturated carbocycles. The van der Waals surface area contributed by atoms with Gasteiger partial charge in [0.1, 0.15) is 5.52 Å². The fraction of sp³-hybridized carbons (Fsp3) is 0.0952. The third-order valence-corrected chi connectivity index (χ3v) is 5.12. The second kappa shape index (κ2) is 7.31. The second-order valence-corrected chi connectivity index (χ2v) is 7.17. The number of nitrogens with zero attached hydrogens (tertiary/aromatic N) is 5. The molecular formula is C21H15ClFN7. The highest BCUT2D eigenvalue weighted by Crippen LogP contribution is 2.33. The van der Waals surface area contributed by atoms with Gasteiger partial charge in [0.05, 0.1) is 34.3 Å². The number of rotatable bonds is 4.